The molecule has 0 saturated carbocycles. The first-order valence-corrected chi connectivity index (χ1v) is 10.5. The zero-order valence-electron chi connectivity index (χ0n) is 17.0. The number of H-pyrrole nitrogens is 1. The average Bonchev–Trinajstić information content (AvgIpc) is 3.21. The third kappa shape index (κ3) is 4.55. The van der Waals surface area contributed by atoms with Gasteiger partial charge in [-0.05, 0) is 61.1 Å². The third-order valence-corrected chi connectivity index (χ3v) is 5.65. The maximum Gasteiger partial charge on any atom is 0.261 e. The first-order chi connectivity index (χ1) is 14.7. The van der Waals surface area contributed by atoms with Crippen LogP contribution in [0.15, 0.2) is 60.3 Å². The van der Waals surface area contributed by atoms with E-state index in [1.807, 2.05) is 42.6 Å². The van der Waals surface area contributed by atoms with Crippen molar-refractivity contribution in [1.82, 2.24) is 10.3 Å². The standard InChI is InChI=1S/C25H26N4O/c26-17-21(16-19-8-10-22(11-9-19)29-14-4-1-5-15-29)25(30)27-13-12-20-18-28-24-7-3-2-6-23(20)24/h2-3,6-11,16,18,28H,1,4-5,12-15H2,(H,27,30). The summed E-state index contributed by atoms with van der Waals surface area (Å²) in [5.74, 6) is -0.336. The molecule has 152 valence electrons. The Bertz CT molecular complexity index is 1080. The minimum atomic E-state index is -0.336. The summed E-state index contributed by atoms with van der Waals surface area (Å²) < 4.78 is 0. The van der Waals surface area contributed by atoms with Crippen molar-refractivity contribution in [2.24, 2.45) is 0 Å². The largest absolute Gasteiger partial charge is 0.372 e. The van der Waals surface area contributed by atoms with Gasteiger partial charge in [0.05, 0.1) is 0 Å². The number of nitrogens with zero attached hydrogens (tertiary/aromatic N) is 2. The lowest BCUT2D eigenvalue weighted by Crippen LogP contribution is -2.29. The number of hydrogen-bond donors (Lipinski definition) is 2. The molecule has 1 fully saturated rings. The molecule has 0 aliphatic carbocycles. The highest BCUT2D eigenvalue weighted by Gasteiger charge is 2.12. The van der Waals surface area contributed by atoms with Crippen molar-refractivity contribution < 1.29 is 4.79 Å². The highest BCUT2D eigenvalue weighted by molar-refractivity contribution is 6.01. The summed E-state index contributed by atoms with van der Waals surface area (Å²) in [5.41, 5.74) is 4.43. The Balaban J connectivity index is 1.36. The van der Waals surface area contributed by atoms with Crippen molar-refractivity contribution in [3.05, 3.63) is 71.4 Å². The van der Waals surface area contributed by atoms with Gasteiger partial charge in [-0.2, -0.15) is 5.26 Å². The van der Waals surface area contributed by atoms with Gasteiger partial charge < -0.3 is 15.2 Å². The first-order valence-electron chi connectivity index (χ1n) is 10.5. The number of aromatic amines is 1. The number of fused-ring (bicyclic) bond motifs is 1. The molecule has 1 amide bonds. The van der Waals surface area contributed by atoms with Crippen molar-refractivity contribution in [1.29, 1.82) is 5.26 Å². The van der Waals surface area contributed by atoms with Gasteiger partial charge in [-0.3, -0.25) is 4.79 Å². The van der Waals surface area contributed by atoms with Crippen LogP contribution in [0.5, 0.6) is 0 Å². The molecule has 0 spiro atoms. The van der Waals surface area contributed by atoms with Crippen LogP contribution in [0.25, 0.3) is 17.0 Å². The van der Waals surface area contributed by atoms with E-state index < -0.39 is 0 Å². The highest BCUT2D eigenvalue weighted by Crippen LogP contribution is 2.21. The number of rotatable bonds is 6. The maximum atomic E-state index is 12.5. The number of anilines is 1. The highest BCUT2D eigenvalue weighted by atomic mass is 16.1. The molecule has 3 aromatic rings. The Morgan fingerprint density at radius 1 is 1.10 bits per heavy atom. The fourth-order valence-electron chi connectivity index (χ4n) is 3.99. The molecule has 4 rings (SSSR count). The lowest BCUT2D eigenvalue weighted by molar-refractivity contribution is -0.117. The Morgan fingerprint density at radius 2 is 1.87 bits per heavy atom. The molecule has 2 aromatic carbocycles. The van der Waals surface area contributed by atoms with E-state index in [0.29, 0.717) is 13.0 Å². The molecule has 1 saturated heterocycles. The summed E-state index contributed by atoms with van der Waals surface area (Å²) in [4.78, 5) is 18.1. The van der Waals surface area contributed by atoms with Crippen LogP contribution >= 0.6 is 0 Å². The number of nitrogens with one attached hydrogen (secondary N) is 2. The van der Waals surface area contributed by atoms with E-state index >= 15 is 0 Å². The second-order valence-corrected chi connectivity index (χ2v) is 7.67. The van der Waals surface area contributed by atoms with Crippen LogP contribution in [0.4, 0.5) is 5.69 Å². The average molecular weight is 399 g/mol. The van der Waals surface area contributed by atoms with E-state index in [1.165, 1.54) is 24.9 Å². The number of carbonyl (C=O) groups excluding carboxylic acids is 1. The minimum absolute atomic E-state index is 0.125. The monoisotopic (exact) mass is 398 g/mol. The molecule has 0 unspecified atom stereocenters. The van der Waals surface area contributed by atoms with Gasteiger partial charge >= 0.3 is 0 Å². The number of hydrogen-bond acceptors (Lipinski definition) is 3. The van der Waals surface area contributed by atoms with Crippen molar-refractivity contribution in [3.63, 3.8) is 0 Å². The summed E-state index contributed by atoms with van der Waals surface area (Å²) >= 11 is 0. The molecular formula is C25H26N4O. The molecule has 30 heavy (non-hydrogen) atoms. The number of aromatic nitrogens is 1. The molecule has 0 radical (unpaired) electrons. The normalized spacial score (nSPS) is 14.5. The SMILES string of the molecule is N#CC(=Cc1ccc(N2CCCCC2)cc1)C(=O)NCCc1c[nH]c2ccccc12. The van der Waals surface area contributed by atoms with Crippen LogP contribution in [0, 0.1) is 11.3 Å². The summed E-state index contributed by atoms with van der Waals surface area (Å²) in [7, 11) is 0. The quantitative estimate of drug-likeness (QED) is 0.477. The molecule has 5 heteroatoms. The molecule has 5 nitrogen and oxygen atoms in total. The van der Waals surface area contributed by atoms with E-state index in [1.54, 1.807) is 6.08 Å². The zero-order chi connectivity index (χ0) is 20.8. The Labute approximate surface area is 177 Å². The zero-order valence-corrected chi connectivity index (χ0v) is 17.0. The number of carbonyl (C=O) groups is 1. The molecule has 0 bridgehead atoms. The van der Waals surface area contributed by atoms with Crippen molar-refractivity contribution in [3.8, 4) is 6.07 Å². The summed E-state index contributed by atoms with van der Waals surface area (Å²) in [6.07, 6.45) is 8.11. The predicted octanol–water partition coefficient (Wildman–Crippen LogP) is 4.42. The molecule has 1 aromatic heterocycles. The fraction of sp³-hybridized carbons (Fsp3) is 0.280. The predicted molar refractivity (Wildman–Crippen MR) is 121 cm³/mol. The van der Waals surface area contributed by atoms with E-state index in [-0.39, 0.29) is 11.5 Å². The smallest absolute Gasteiger partial charge is 0.261 e. The lowest BCUT2D eigenvalue weighted by Gasteiger charge is -2.28. The number of nitriles is 1. The van der Waals surface area contributed by atoms with Crippen LogP contribution in [0.2, 0.25) is 0 Å². The van der Waals surface area contributed by atoms with Gasteiger partial charge in [0.25, 0.3) is 5.91 Å². The van der Waals surface area contributed by atoms with Crippen LogP contribution in [0.3, 0.4) is 0 Å². The lowest BCUT2D eigenvalue weighted by atomic mass is 10.1. The van der Waals surface area contributed by atoms with Crippen molar-refractivity contribution in [2.45, 2.75) is 25.7 Å². The Hall–Kier alpha value is -3.52. The second-order valence-electron chi connectivity index (χ2n) is 7.67. The second kappa shape index (κ2) is 9.32. The Morgan fingerprint density at radius 3 is 2.63 bits per heavy atom. The van der Waals surface area contributed by atoms with E-state index in [0.717, 1.165) is 35.1 Å². The molecule has 1 aliphatic heterocycles. The first kappa shape index (κ1) is 19.8. The van der Waals surface area contributed by atoms with Gasteiger partial charge in [-0.25, -0.2) is 0 Å². The number of para-hydroxylation sites is 1. The van der Waals surface area contributed by atoms with E-state index in [2.05, 4.69) is 33.4 Å². The third-order valence-electron chi connectivity index (χ3n) is 5.65. The van der Waals surface area contributed by atoms with Gasteiger partial charge in [0, 0.05) is 42.4 Å². The molecule has 1 aliphatic rings. The van der Waals surface area contributed by atoms with Crippen LogP contribution in [-0.4, -0.2) is 30.5 Å². The number of benzene rings is 2. The van der Waals surface area contributed by atoms with Crippen LogP contribution < -0.4 is 10.2 Å². The summed E-state index contributed by atoms with van der Waals surface area (Å²) in [6.45, 7) is 2.67. The van der Waals surface area contributed by atoms with Crippen LogP contribution in [0.1, 0.15) is 30.4 Å². The molecular weight excluding hydrogens is 372 g/mol. The molecule has 2 heterocycles. The Kier molecular flexibility index (Phi) is 6.14. The summed E-state index contributed by atoms with van der Waals surface area (Å²) in [5, 5.41) is 13.5. The number of amides is 1. The number of piperidine rings is 1. The van der Waals surface area contributed by atoms with E-state index in [4.69, 9.17) is 0 Å². The molecule has 2 N–H and O–H groups in total. The van der Waals surface area contributed by atoms with Gasteiger partial charge in [0.15, 0.2) is 0 Å². The van der Waals surface area contributed by atoms with E-state index in [9.17, 15) is 10.1 Å². The topological polar surface area (TPSA) is 71.9 Å². The van der Waals surface area contributed by atoms with Gasteiger partial charge in [0.2, 0.25) is 0 Å². The van der Waals surface area contributed by atoms with Crippen molar-refractivity contribution >= 4 is 28.6 Å². The van der Waals surface area contributed by atoms with Gasteiger partial charge in [-0.1, -0.05) is 30.3 Å². The maximum absolute atomic E-state index is 12.5. The van der Waals surface area contributed by atoms with Gasteiger partial charge in [-0.15, -0.1) is 0 Å². The minimum Gasteiger partial charge on any atom is -0.372 e. The van der Waals surface area contributed by atoms with Gasteiger partial charge in [0.1, 0.15) is 11.6 Å². The van der Waals surface area contributed by atoms with Crippen molar-refractivity contribution in [2.75, 3.05) is 24.5 Å². The molecule has 0 atom stereocenters. The van der Waals surface area contributed by atoms with Crippen LogP contribution in [-0.2, 0) is 11.2 Å². The summed E-state index contributed by atoms with van der Waals surface area (Å²) in [6, 6.07) is 18.2. The fourth-order valence-corrected chi connectivity index (χ4v) is 3.99.